The Morgan fingerprint density at radius 1 is 1.44 bits per heavy atom. The van der Waals surface area contributed by atoms with Gasteiger partial charge in [0.05, 0.1) is 5.69 Å². The van der Waals surface area contributed by atoms with E-state index in [4.69, 9.17) is 11.0 Å². The van der Waals surface area contributed by atoms with Crippen molar-refractivity contribution >= 4 is 11.5 Å². The molecule has 0 aliphatic heterocycles. The molecule has 16 heavy (non-hydrogen) atoms. The van der Waals surface area contributed by atoms with Crippen LogP contribution < -0.4 is 11.1 Å². The molecule has 3 N–H and O–H groups in total. The SMILES string of the molecule is CCC(C)(CC)Nc1ccc(N)c(C#N)n1. The number of nitriles is 1. The molecule has 0 aliphatic carbocycles. The second-order valence-electron chi connectivity index (χ2n) is 4.14. The van der Waals surface area contributed by atoms with E-state index >= 15 is 0 Å². The van der Waals surface area contributed by atoms with E-state index in [-0.39, 0.29) is 11.2 Å². The van der Waals surface area contributed by atoms with E-state index in [0.29, 0.717) is 11.5 Å². The summed E-state index contributed by atoms with van der Waals surface area (Å²) in [5, 5.41) is 12.2. The summed E-state index contributed by atoms with van der Waals surface area (Å²) in [6.45, 7) is 6.38. The fraction of sp³-hybridized carbons (Fsp3) is 0.500. The van der Waals surface area contributed by atoms with E-state index in [1.54, 1.807) is 12.1 Å². The summed E-state index contributed by atoms with van der Waals surface area (Å²) in [7, 11) is 0. The van der Waals surface area contributed by atoms with E-state index in [1.165, 1.54) is 0 Å². The fourth-order valence-electron chi connectivity index (χ4n) is 1.37. The van der Waals surface area contributed by atoms with E-state index in [0.717, 1.165) is 12.8 Å². The molecule has 1 aromatic rings. The molecular weight excluding hydrogens is 200 g/mol. The Morgan fingerprint density at radius 2 is 2.06 bits per heavy atom. The Bertz CT molecular complexity index is 402. The highest BCUT2D eigenvalue weighted by Crippen LogP contribution is 2.21. The largest absolute Gasteiger partial charge is 0.396 e. The topological polar surface area (TPSA) is 74.7 Å². The molecule has 0 spiro atoms. The highest BCUT2D eigenvalue weighted by molar-refractivity contribution is 5.55. The fourth-order valence-corrected chi connectivity index (χ4v) is 1.37. The summed E-state index contributed by atoms with van der Waals surface area (Å²) < 4.78 is 0. The van der Waals surface area contributed by atoms with Crippen molar-refractivity contribution in [3.8, 4) is 6.07 Å². The highest BCUT2D eigenvalue weighted by atomic mass is 15.1. The molecule has 0 saturated heterocycles. The van der Waals surface area contributed by atoms with Crippen LogP contribution in [0.4, 0.5) is 11.5 Å². The third kappa shape index (κ3) is 2.63. The third-order valence-electron chi connectivity index (χ3n) is 3.02. The van der Waals surface area contributed by atoms with Gasteiger partial charge in [0.2, 0.25) is 0 Å². The van der Waals surface area contributed by atoms with Crippen LogP contribution in [-0.2, 0) is 0 Å². The quantitative estimate of drug-likeness (QED) is 0.814. The normalized spacial score (nSPS) is 10.9. The summed E-state index contributed by atoms with van der Waals surface area (Å²) in [5.74, 6) is 0.706. The minimum atomic E-state index is 0.00976. The van der Waals surface area contributed by atoms with Crippen LogP contribution in [0.25, 0.3) is 0 Å². The van der Waals surface area contributed by atoms with Crippen LogP contribution in [0, 0.1) is 11.3 Å². The first-order chi connectivity index (χ1) is 7.54. The molecule has 86 valence electrons. The molecule has 0 amide bonds. The number of pyridine rings is 1. The van der Waals surface area contributed by atoms with Crippen molar-refractivity contribution in [1.82, 2.24) is 4.98 Å². The second-order valence-corrected chi connectivity index (χ2v) is 4.14. The molecule has 0 fully saturated rings. The van der Waals surface area contributed by atoms with Gasteiger partial charge >= 0.3 is 0 Å². The van der Waals surface area contributed by atoms with Gasteiger partial charge in [-0.15, -0.1) is 0 Å². The molecular formula is C12H18N4. The summed E-state index contributed by atoms with van der Waals surface area (Å²) >= 11 is 0. The molecule has 4 heteroatoms. The summed E-state index contributed by atoms with van der Waals surface area (Å²) in [5.41, 5.74) is 6.32. The van der Waals surface area contributed by atoms with Gasteiger partial charge in [-0.25, -0.2) is 4.98 Å². The Morgan fingerprint density at radius 3 is 2.56 bits per heavy atom. The predicted molar refractivity (Wildman–Crippen MR) is 66.0 cm³/mol. The lowest BCUT2D eigenvalue weighted by atomic mass is 9.95. The minimum absolute atomic E-state index is 0.00976. The van der Waals surface area contributed by atoms with Crippen LogP contribution in [0.3, 0.4) is 0 Å². The zero-order chi connectivity index (χ0) is 12.2. The first kappa shape index (κ1) is 12.3. The highest BCUT2D eigenvalue weighted by Gasteiger charge is 2.19. The number of nitrogens with two attached hydrogens (primary N) is 1. The summed E-state index contributed by atoms with van der Waals surface area (Å²) in [6.07, 6.45) is 1.99. The van der Waals surface area contributed by atoms with Crippen LogP contribution in [0.5, 0.6) is 0 Å². The van der Waals surface area contributed by atoms with Gasteiger partial charge in [0, 0.05) is 5.54 Å². The average molecular weight is 218 g/mol. The van der Waals surface area contributed by atoms with E-state index in [9.17, 15) is 0 Å². The maximum absolute atomic E-state index is 8.84. The van der Waals surface area contributed by atoms with E-state index < -0.39 is 0 Å². The molecule has 1 heterocycles. The molecule has 4 nitrogen and oxygen atoms in total. The van der Waals surface area contributed by atoms with Gasteiger partial charge in [-0.2, -0.15) is 5.26 Å². The van der Waals surface area contributed by atoms with Gasteiger partial charge in [-0.05, 0) is 31.9 Å². The van der Waals surface area contributed by atoms with Crippen LogP contribution in [0.15, 0.2) is 12.1 Å². The van der Waals surface area contributed by atoms with Crippen LogP contribution in [0.1, 0.15) is 39.3 Å². The second kappa shape index (κ2) is 4.84. The van der Waals surface area contributed by atoms with Crippen molar-refractivity contribution in [1.29, 1.82) is 5.26 Å². The molecule has 0 bridgehead atoms. The Balaban J connectivity index is 2.95. The Hall–Kier alpha value is -1.76. The Kier molecular flexibility index (Phi) is 3.73. The molecule has 0 saturated carbocycles. The number of rotatable bonds is 4. The first-order valence-corrected chi connectivity index (χ1v) is 5.49. The summed E-state index contributed by atoms with van der Waals surface area (Å²) in [6, 6.07) is 5.49. The lowest BCUT2D eigenvalue weighted by Crippen LogP contribution is -2.33. The molecule has 1 aromatic heterocycles. The average Bonchev–Trinajstić information content (AvgIpc) is 2.31. The molecule has 1 rings (SSSR count). The summed E-state index contributed by atoms with van der Waals surface area (Å²) in [4.78, 5) is 4.17. The van der Waals surface area contributed by atoms with Gasteiger partial charge in [-0.3, -0.25) is 0 Å². The molecule has 0 aromatic carbocycles. The lowest BCUT2D eigenvalue weighted by Gasteiger charge is -2.28. The molecule has 0 atom stereocenters. The van der Waals surface area contributed by atoms with Gasteiger partial charge < -0.3 is 11.1 Å². The standard InChI is InChI=1S/C12H18N4/c1-4-12(3,5-2)16-11-7-6-9(14)10(8-13)15-11/h6-7H,4-5,14H2,1-3H3,(H,15,16). The smallest absolute Gasteiger partial charge is 0.165 e. The van der Waals surface area contributed by atoms with E-state index in [1.807, 2.05) is 6.07 Å². The Labute approximate surface area is 96.5 Å². The van der Waals surface area contributed by atoms with Crippen LogP contribution >= 0.6 is 0 Å². The molecule has 0 unspecified atom stereocenters. The van der Waals surface area contributed by atoms with Crippen molar-refractivity contribution in [3.05, 3.63) is 17.8 Å². The van der Waals surface area contributed by atoms with Gasteiger partial charge in [0.15, 0.2) is 5.69 Å². The number of nitrogen functional groups attached to an aromatic ring is 1. The number of hydrogen-bond acceptors (Lipinski definition) is 4. The van der Waals surface area contributed by atoms with Crippen LogP contribution in [-0.4, -0.2) is 10.5 Å². The number of aromatic nitrogens is 1. The van der Waals surface area contributed by atoms with Gasteiger partial charge in [0.1, 0.15) is 11.9 Å². The maximum atomic E-state index is 8.84. The first-order valence-electron chi connectivity index (χ1n) is 5.49. The number of anilines is 2. The van der Waals surface area contributed by atoms with Crippen LogP contribution in [0.2, 0.25) is 0 Å². The molecule has 0 aliphatic rings. The zero-order valence-electron chi connectivity index (χ0n) is 10.0. The minimum Gasteiger partial charge on any atom is -0.396 e. The van der Waals surface area contributed by atoms with Crippen molar-refractivity contribution in [2.45, 2.75) is 39.2 Å². The van der Waals surface area contributed by atoms with Crippen molar-refractivity contribution in [3.63, 3.8) is 0 Å². The van der Waals surface area contributed by atoms with Crippen molar-refractivity contribution in [2.24, 2.45) is 0 Å². The molecule has 0 radical (unpaired) electrons. The third-order valence-corrected chi connectivity index (χ3v) is 3.02. The monoisotopic (exact) mass is 218 g/mol. The van der Waals surface area contributed by atoms with Gasteiger partial charge in [0.25, 0.3) is 0 Å². The van der Waals surface area contributed by atoms with Gasteiger partial charge in [-0.1, -0.05) is 13.8 Å². The van der Waals surface area contributed by atoms with Crippen molar-refractivity contribution in [2.75, 3.05) is 11.1 Å². The van der Waals surface area contributed by atoms with Crippen molar-refractivity contribution < 1.29 is 0 Å². The predicted octanol–water partition coefficient (Wildman–Crippen LogP) is 2.53. The lowest BCUT2D eigenvalue weighted by molar-refractivity contribution is 0.477. The number of nitrogens with zero attached hydrogens (tertiary/aromatic N) is 2. The van der Waals surface area contributed by atoms with E-state index in [2.05, 4.69) is 31.1 Å². The zero-order valence-corrected chi connectivity index (χ0v) is 10.0. The number of nitrogens with one attached hydrogen (secondary N) is 1. The maximum Gasteiger partial charge on any atom is 0.165 e. The number of hydrogen-bond donors (Lipinski definition) is 2.